The summed E-state index contributed by atoms with van der Waals surface area (Å²) in [6.07, 6.45) is 2.57. The summed E-state index contributed by atoms with van der Waals surface area (Å²) in [4.78, 5) is 19.2. The standard InChI is InChI=1S/C26H32N2O/c1-18(17-26(2,3)4)16-23(29)28-15-14-21-20-12-8-9-13-22(20)27-24(21)25(28)19-10-6-5-7-11-19/h5-13,18,25,27H,14-17H2,1-4H3. The number of hydrogen-bond acceptors (Lipinski definition) is 1. The van der Waals surface area contributed by atoms with Gasteiger partial charge in [-0.1, -0.05) is 76.2 Å². The molecule has 0 radical (unpaired) electrons. The van der Waals surface area contributed by atoms with E-state index < -0.39 is 0 Å². The molecule has 1 aliphatic rings. The monoisotopic (exact) mass is 388 g/mol. The minimum Gasteiger partial charge on any atom is -0.356 e. The van der Waals surface area contributed by atoms with E-state index in [0.29, 0.717) is 12.3 Å². The molecule has 3 heteroatoms. The SMILES string of the molecule is CC(CC(=O)N1CCc2c([nH]c3ccccc23)C1c1ccccc1)CC(C)(C)C. The molecule has 1 aromatic heterocycles. The summed E-state index contributed by atoms with van der Waals surface area (Å²) in [6, 6.07) is 18.9. The minimum atomic E-state index is -0.0401. The van der Waals surface area contributed by atoms with Crippen LogP contribution in [0.3, 0.4) is 0 Å². The molecule has 0 bridgehead atoms. The van der Waals surface area contributed by atoms with Crippen LogP contribution in [-0.4, -0.2) is 22.3 Å². The molecule has 0 saturated heterocycles. The maximum absolute atomic E-state index is 13.4. The highest BCUT2D eigenvalue weighted by Gasteiger charge is 2.34. The van der Waals surface area contributed by atoms with Crippen LogP contribution in [0, 0.1) is 11.3 Å². The molecule has 2 unspecified atom stereocenters. The van der Waals surface area contributed by atoms with Gasteiger partial charge in [-0.25, -0.2) is 0 Å². The number of nitrogens with one attached hydrogen (secondary N) is 1. The number of aromatic nitrogens is 1. The van der Waals surface area contributed by atoms with Gasteiger partial charge in [0, 0.05) is 29.6 Å². The number of rotatable bonds is 4. The van der Waals surface area contributed by atoms with Crippen molar-refractivity contribution in [2.75, 3.05) is 6.54 Å². The quantitative estimate of drug-likeness (QED) is 0.575. The Hall–Kier alpha value is -2.55. The molecule has 3 aromatic rings. The first kappa shape index (κ1) is 19.8. The van der Waals surface area contributed by atoms with E-state index in [-0.39, 0.29) is 17.4 Å². The Kier molecular flexibility index (Phi) is 5.24. The average molecular weight is 389 g/mol. The van der Waals surface area contributed by atoms with E-state index in [4.69, 9.17) is 0 Å². The van der Waals surface area contributed by atoms with Gasteiger partial charge >= 0.3 is 0 Å². The highest BCUT2D eigenvalue weighted by Crippen LogP contribution is 2.39. The second kappa shape index (κ2) is 7.70. The van der Waals surface area contributed by atoms with E-state index in [1.54, 1.807) is 0 Å². The summed E-state index contributed by atoms with van der Waals surface area (Å²) in [5, 5.41) is 1.29. The lowest BCUT2D eigenvalue weighted by Gasteiger charge is -2.37. The van der Waals surface area contributed by atoms with Gasteiger partial charge in [-0.3, -0.25) is 4.79 Å². The van der Waals surface area contributed by atoms with Crippen LogP contribution in [0.15, 0.2) is 54.6 Å². The van der Waals surface area contributed by atoms with Crippen molar-refractivity contribution in [2.24, 2.45) is 11.3 Å². The van der Waals surface area contributed by atoms with Crippen molar-refractivity contribution in [3.05, 3.63) is 71.4 Å². The van der Waals surface area contributed by atoms with Crippen LogP contribution in [0.4, 0.5) is 0 Å². The molecule has 1 aliphatic heterocycles. The molecule has 152 valence electrons. The van der Waals surface area contributed by atoms with Crippen molar-refractivity contribution in [1.29, 1.82) is 0 Å². The Balaban J connectivity index is 1.70. The summed E-state index contributed by atoms with van der Waals surface area (Å²) in [6.45, 7) is 9.73. The molecular formula is C26H32N2O. The first-order chi connectivity index (χ1) is 13.8. The van der Waals surface area contributed by atoms with E-state index in [0.717, 1.165) is 24.9 Å². The maximum Gasteiger partial charge on any atom is 0.223 e. The smallest absolute Gasteiger partial charge is 0.223 e. The van der Waals surface area contributed by atoms with E-state index >= 15 is 0 Å². The molecule has 0 aliphatic carbocycles. The number of hydrogen-bond donors (Lipinski definition) is 1. The molecule has 2 heterocycles. The fraction of sp³-hybridized carbons (Fsp3) is 0.423. The molecule has 1 amide bonds. The first-order valence-corrected chi connectivity index (χ1v) is 10.8. The average Bonchev–Trinajstić information content (AvgIpc) is 3.05. The zero-order valence-corrected chi connectivity index (χ0v) is 18.0. The lowest BCUT2D eigenvalue weighted by molar-refractivity contribution is -0.134. The second-order valence-electron chi connectivity index (χ2n) is 9.79. The summed E-state index contributed by atoms with van der Waals surface area (Å²) >= 11 is 0. The van der Waals surface area contributed by atoms with E-state index in [2.05, 4.69) is 86.1 Å². The third-order valence-corrected chi connectivity index (χ3v) is 5.95. The number of nitrogens with zero attached hydrogens (tertiary/aromatic N) is 1. The molecule has 0 fully saturated rings. The molecule has 3 nitrogen and oxygen atoms in total. The van der Waals surface area contributed by atoms with Crippen molar-refractivity contribution in [2.45, 2.75) is 53.0 Å². The minimum absolute atomic E-state index is 0.0401. The third-order valence-electron chi connectivity index (χ3n) is 5.95. The summed E-state index contributed by atoms with van der Waals surface area (Å²) in [7, 11) is 0. The Morgan fingerprint density at radius 1 is 1.10 bits per heavy atom. The van der Waals surface area contributed by atoms with Crippen molar-refractivity contribution >= 4 is 16.8 Å². The van der Waals surface area contributed by atoms with Gasteiger partial charge in [0.1, 0.15) is 0 Å². The van der Waals surface area contributed by atoms with Gasteiger partial charge in [0.05, 0.1) is 6.04 Å². The number of amides is 1. The van der Waals surface area contributed by atoms with Crippen LogP contribution in [0.5, 0.6) is 0 Å². The Morgan fingerprint density at radius 2 is 1.79 bits per heavy atom. The Labute approximate surface area is 174 Å². The van der Waals surface area contributed by atoms with Crippen LogP contribution in [0.25, 0.3) is 10.9 Å². The number of benzene rings is 2. The highest BCUT2D eigenvalue weighted by atomic mass is 16.2. The fourth-order valence-electron chi connectivity index (χ4n) is 5.02. The number of fused-ring (bicyclic) bond motifs is 3. The zero-order chi connectivity index (χ0) is 20.6. The molecule has 0 saturated carbocycles. The van der Waals surface area contributed by atoms with Crippen LogP contribution in [-0.2, 0) is 11.2 Å². The topological polar surface area (TPSA) is 36.1 Å². The molecule has 2 aromatic carbocycles. The number of aromatic amines is 1. The van der Waals surface area contributed by atoms with Gasteiger partial charge in [0.25, 0.3) is 0 Å². The number of carbonyl (C=O) groups is 1. The Morgan fingerprint density at radius 3 is 2.52 bits per heavy atom. The second-order valence-corrected chi connectivity index (χ2v) is 9.79. The van der Waals surface area contributed by atoms with E-state index in [1.807, 2.05) is 6.07 Å². The molecule has 2 atom stereocenters. The summed E-state index contributed by atoms with van der Waals surface area (Å²) < 4.78 is 0. The van der Waals surface area contributed by atoms with Crippen LogP contribution < -0.4 is 0 Å². The van der Waals surface area contributed by atoms with Crippen molar-refractivity contribution in [3.8, 4) is 0 Å². The normalized spacial score (nSPS) is 17.9. The summed E-state index contributed by atoms with van der Waals surface area (Å²) in [5.74, 6) is 0.642. The third kappa shape index (κ3) is 4.10. The van der Waals surface area contributed by atoms with Crippen molar-refractivity contribution in [3.63, 3.8) is 0 Å². The Bertz CT molecular complexity index is 996. The van der Waals surface area contributed by atoms with Crippen molar-refractivity contribution < 1.29 is 4.79 Å². The van der Waals surface area contributed by atoms with Gasteiger partial charge in [0.15, 0.2) is 0 Å². The lowest BCUT2D eigenvalue weighted by atomic mass is 9.83. The highest BCUT2D eigenvalue weighted by molar-refractivity contribution is 5.86. The van der Waals surface area contributed by atoms with Gasteiger partial charge in [0.2, 0.25) is 5.91 Å². The first-order valence-electron chi connectivity index (χ1n) is 10.8. The van der Waals surface area contributed by atoms with E-state index in [1.165, 1.54) is 22.2 Å². The van der Waals surface area contributed by atoms with Gasteiger partial charge in [-0.2, -0.15) is 0 Å². The number of H-pyrrole nitrogens is 1. The van der Waals surface area contributed by atoms with Gasteiger partial charge < -0.3 is 9.88 Å². The predicted molar refractivity (Wildman–Crippen MR) is 120 cm³/mol. The summed E-state index contributed by atoms with van der Waals surface area (Å²) in [5.41, 5.74) is 5.12. The van der Waals surface area contributed by atoms with Gasteiger partial charge in [-0.15, -0.1) is 0 Å². The predicted octanol–water partition coefficient (Wildman–Crippen LogP) is 6.10. The largest absolute Gasteiger partial charge is 0.356 e. The van der Waals surface area contributed by atoms with Crippen molar-refractivity contribution in [1.82, 2.24) is 9.88 Å². The van der Waals surface area contributed by atoms with Gasteiger partial charge in [-0.05, 0) is 41.4 Å². The maximum atomic E-state index is 13.4. The molecular weight excluding hydrogens is 356 g/mol. The van der Waals surface area contributed by atoms with E-state index in [9.17, 15) is 4.79 Å². The number of para-hydroxylation sites is 1. The molecule has 0 spiro atoms. The number of carbonyl (C=O) groups excluding carboxylic acids is 1. The zero-order valence-electron chi connectivity index (χ0n) is 18.0. The lowest BCUT2D eigenvalue weighted by Crippen LogP contribution is -2.41. The molecule has 4 rings (SSSR count). The molecule has 1 N–H and O–H groups in total. The van der Waals surface area contributed by atoms with Crippen LogP contribution >= 0.6 is 0 Å². The fourth-order valence-corrected chi connectivity index (χ4v) is 5.02. The molecule has 29 heavy (non-hydrogen) atoms. The van der Waals surface area contributed by atoms with Crippen LogP contribution in [0.2, 0.25) is 0 Å². The van der Waals surface area contributed by atoms with Crippen LogP contribution in [0.1, 0.15) is 63.4 Å².